The van der Waals surface area contributed by atoms with Gasteiger partial charge in [0.25, 0.3) is 0 Å². The molecule has 2 aromatic rings. The van der Waals surface area contributed by atoms with Crippen LogP contribution in [-0.4, -0.2) is 16.7 Å². The summed E-state index contributed by atoms with van der Waals surface area (Å²) in [6, 6.07) is 10.3. The molecule has 0 aliphatic rings. The molecule has 0 aliphatic heterocycles. The number of hydrogen-bond donors (Lipinski definition) is 2. The summed E-state index contributed by atoms with van der Waals surface area (Å²) in [4.78, 5) is 5.10. The van der Waals surface area contributed by atoms with Crippen LogP contribution in [-0.2, 0) is 6.54 Å². The van der Waals surface area contributed by atoms with Crippen LogP contribution in [0.2, 0.25) is 4.47 Å². The fourth-order valence-corrected chi connectivity index (χ4v) is 2.72. The summed E-state index contributed by atoms with van der Waals surface area (Å²) in [5.41, 5.74) is 1.18. The number of hydrogen-bond acceptors (Lipinski definition) is 4. The van der Waals surface area contributed by atoms with Gasteiger partial charge in [0.1, 0.15) is 0 Å². The van der Waals surface area contributed by atoms with E-state index in [1.807, 2.05) is 18.2 Å². The Morgan fingerprint density at radius 2 is 2.11 bits per heavy atom. The van der Waals surface area contributed by atoms with E-state index < -0.39 is 0 Å². The largest absolute Gasteiger partial charge is 0.396 e. The first-order valence-electron chi connectivity index (χ1n) is 5.79. The van der Waals surface area contributed by atoms with E-state index in [2.05, 4.69) is 22.4 Å². The molecule has 5 heteroatoms. The second kappa shape index (κ2) is 6.85. The average molecular weight is 283 g/mol. The van der Waals surface area contributed by atoms with Crippen LogP contribution in [0.25, 0.3) is 0 Å². The number of thiazole rings is 1. The molecule has 0 saturated heterocycles. The van der Waals surface area contributed by atoms with E-state index in [-0.39, 0.29) is 12.6 Å². The zero-order valence-electron chi connectivity index (χ0n) is 9.84. The van der Waals surface area contributed by atoms with Gasteiger partial charge in [-0.25, -0.2) is 4.98 Å². The lowest BCUT2D eigenvalue weighted by Crippen LogP contribution is -2.21. The summed E-state index contributed by atoms with van der Waals surface area (Å²) in [6.45, 7) is 0.875. The highest BCUT2D eigenvalue weighted by atomic mass is 35.5. The van der Waals surface area contributed by atoms with E-state index in [9.17, 15) is 0 Å². The zero-order valence-corrected chi connectivity index (χ0v) is 11.4. The van der Waals surface area contributed by atoms with Gasteiger partial charge in [0.2, 0.25) is 0 Å². The molecule has 3 nitrogen and oxygen atoms in total. The molecule has 0 bridgehead atoms. The van der Waals surface area contributed by atoms with Gasteiger partial charge in [-0.3, -0.25) is 0 Å². The lowest BCUT2D eigenvalue weighted by molar-refractivity contribution is 0.265. The predicted molar refractivity (Wildman–Crippen MR) is 74.8 cm³/mol. The molecule has 0 spiro atoms. The highest BCUT2D eigenvalue weighted by Crippen LogP contribution is 2.20. The van der Waals surface area contributed by atoms with Crippen molar-refractivity contribution in [3.05, 3.63) is 51.4 Å². The van der Waals surface area contributed by atoms with Crippen molar-refractivity contribution in [2.45, 2.75) is 19.0 Å². The third-order valence-electron chi connectivity index (χ3n) is 2.67. The first-order chi connectivity index (χ1) is 8.79. The normalized spacial score (nSPS) is 12.6. The fraction of sp³-hybridized carbons (Fsp3) is 0.308. The number of aromatic nitrogens is 1. The quantitative estimate of drug-likeness (QED) is 0.856. The molecular weight excluding hydrogens is 268 g/mol. The van der Waals surface area contributed by atoms with Gasteiger partial charge in [-0.15, -0.1) is 11.3 Å². The monoisotopic (exact) mass is 282 g/mol. The second-order valence-corrected chi connectivity index (χ2v) is 5.63. The second-order valence-electron chi connectivity index (χ2n) is 3.94. The summed E-state index contributed by atoms with van der Waals surface area (Å²) in [6.07, 6.45) is 2.47. The smallest absolute Gasteiger partial charge is 0.183 e. The standard InChI is InChI=1S/C13H15ClN2OS/c14-13-16-9-11(18-13)8-15-12(6-7-17)10-4-2-1-3-5-10/h1-5,9,12,15,17H,6-8H2. The number of nitrogens with zero attached hydrogens (tertiary/aromatic N) is 1. The van der Waals surface area contributed by atoms with Crippen molar-refractivity contribution >= 4 is 22.9 Å². The topological polar surface area (TPSA) is 45.1 Å². The summed E-state index contributed by atoms with van der Waals surface area (Å²) < 4.78 is 0.560. The summed E-state index contributed by atoms with van der Waals surface area (Å²) >= 11 is 7.27. The summed E-state index contributed by atoms with van der Waals surface area (Å²) in [7, 11) is 0. The van der Waals surface area contributed by atoms with Gasteiger partial charge in [0.15, 0.2) is 4.47 Å². The molecule has 1 unspecified atom stereocenters. The van der Waals surface area contributed by atoms with Crippen LogP contribution in [0.15, 0.2) is 36.5 Å². The molecule has 2 rings (SSSR count). The molecule has 0 radical (unpaired) electrons. The molecule has 0 aliphatic carbocycles. The van der Waals surface area contributed by atoms with Crippen LogP contribution in [0.3, 0.4) is 0 Å². The minimum Gasteiger partial charge on any atom is -0.396 e. The highest BCUT2D eigenvalue weighted by molar-refractivity contribution is 7.15. The van der Waals surface area contributed by atoms with Crippen molar-refractivity contribution in [3.8, 4) is 0 Å². The van der Waals surface area contributed by atoms with Crippen molar-refractivity contribution in [2.24, 2.45) is 0 Å². The van der Waals surface area contributed by atoms with Gasteiger partial charge in [-0.05, 0) is 12.0 Å². The molecule has 0 amide bonds. The van der Waals surface area contributed by atoms with Crippen LogP contribution in [0.4, 0.5) is 0 Å². The maximum Gasteiger partial charge on any atom is 0.183 e. The van der Waals surface area contributed by atoms with Crippen LogP contribution in [0.5, 0.6) is 0 Å². The Kier molecular flexibility index (Phi) is 5.13. The van der Waals surface area contributed by atoms with E-state index >= 15 is 0 Å². The molecule has 18 heavy (non-hydrogen) atoms. The Hall–Kier alpha value is -0.940. The van der Waals surface area contributed by atoms with Crippen molar-refractivity contribution < 1.29 is 5.11 Å². The maximum absolute atomic E-state index is 9.13. The molecule has 1 aromatic heterocycles. The third-order valence-corrected chi connectivity index (χ3v) is 3.78. The highest BCUT2D eigenvalue weighted by Gasteiger charge is 2.10. The van der Waals surface area contributed by atoms with Crippen LogP contribution >= 0.6 is 22.9 Å². The molecule has 2 N–H and O–H groups in total. The van der Waals surface area contributed by atoms with Crippen LogP contribution in [0.1, 0.15) is 22.9 Å². The molecular formula is C13H15ClN2OS. The SMILES string of the molecule is OCCC(NCc1cnc(Cl)s1)c1ccccc1. The van der Waals surface area contributed by atoms with E-state index in [1.54, 1.807) is 6.20 Å². The summed E-state index contributed by atoms with van der Waals surface area (Å²) in [5, 5.41) is 12.5. The van der Waals surface area contributed by atoms with Gasteiger partial charge < -0.3 is 10.4 Å². The van der Waals surface area contributed by atoms with Gasteiger partial charge in [-0.1, -0.05) is 41.9 Å². The third kappa shape index (κ3) is 3.78. The predicted octanol–water partition coefficient (Wildman–Crippen LogP) is 3.01. The Bertz CT molecular complexity index is 475. The first kappa shape index (κ1) is 13.5. The van der Waals surface area contributed by atoms with E-state index in [0.717, 1.165) is 4.88 Å². The number of rotatable bonds is 6. The molecule has 0 saturated carbocycles. The Morgan fingerprint density at radius 1 is 1.33 bits per heavy atom. The van der Waals surface area contributed by atoms with Crippen molar-refractivity contribution in [2.75, 3.05) is 6.61 Å². The molecule has 96 valence electrons. The van der Waals surface area contributed by atoms with Crippen LogP contribution < -0.4 is 5.32 Å². The Morgan fingerprint density at radius 3 is 2.72 bits per heavy atom. The number of aliphatic hydroxyl groups excluding tert-OH is 1. The zero-order chi connectivity index (χ0) is 12.8. The van der Waals surface area contributed by atoms with Gasteiger partial charge in [0.05, 0.1) is 0 Å². The number of benzene rings is 1. The Labute approximate surface area is 115 Å². The van der Waals surface area contributed by atoms with Gasteiger partial charge >= 0.3 is 0 Å². The fourth-order valence-electron chi connectivity index (χ4n) is 1.79. The lowest BCUT2D eigenvalue weighted by Gasteiger charge is -2.17. The molecule has 0 fully saturated rings. The van der Waals surface area contributed by atoms with E-state index in [4.69, 9.17) is 16.7 Å². The minimum atomic E-state index is 0.150. The van der Waals surface area contributed by atoms with Gasteiger partial charge in [0, 0.05) is 30.3 Å². The minimum absolute atomic E-state index is 0.150. The molecule has 1 atom stereocenters. The van der Waals surface area contributed by atoms with Crippen molar-refractivity contribution in [3.63, 3.8) is 0 Å². The molecule has 1 heterocycles. The van der Waals surface area contributed by atoms with Crippen molar-refractivity contribution in [1.29, 1.82) is 0 Å². The average Bonchev–Trinajstić information content (AvgIpc) is 2.81. The number of halogens is 1. The van der Waals surface area contributed by atoms with Gasteiger partial charge in [-0.2, -0.15) is 0 Å². The van der Waals surface area contributed by atoms with Crippen LogP contribution in [0, 0.1) is 0 Å². The summed E-state index contributed by atoms with van der Waals surface area (Å²) in [5.74, 6) is 0. The number of aliphatic hydroxyl groups is 1. The number of nitrogens with one attached hydrogen (secondary N) is 1. The molecule has 1 aromatic carbocycles. The van der Waals surface area contributed by atoms with E-state index in [0.29, 0.717) is 17.4 Å². The first-order valence-corrected chi connectivity index (χ1v) is 6.98. The Balaban J connectivity index is 1.98. The maximum atomic E-state index is 9.13. The van der Waals surface area contributed by atoms with Crippen molar-refractivity contribution in [1.82, 2.24) is 10.3 Å². The van der Waals surface area contributed by atoms with E-state index in [1.165, 1.54) is 16.9 Å². The lowest BCUT2D eigenvalue weighted by atomic mass is 10.0.